The first-order valence-corrected chi connectivity index (χ1v) is 4.86. The Morgan fingerprint density at radius 2 is 2.20 bits per heavy atom. The van der Waals surface area contributed by atoms with E-state index in [9.17, 15) is 0 Å². The summed E-state index contributed by atoms with van der Waals surface area (Å²) in [4.78, 5) is 0. The van der Waals surface area contributed by atoms with Crippen LogP contribution < -0.4 is 10.5 Å². The Bertz CT molecular complexity index is 378. The minimum Gasteiger partial charge on any atom is -0.491 e. The van der Waals surface area contributed by atoms with Crippen molar-refractivity contribution in [3.63, 3.8) is 0 Å². The molecule has 0 unspecified atom stereocenters. The molecule has 0 heterocycles. The third-order valence-electron chi connectivity index (χ3n) is 1.70. The molecule has 0 aliphatic carbocycles. The maximum absolute atomic E-state index is 8.50. The first-order valence-electron chi connectivity index (χ1n) is 4.48. The molecule has 0 saturated heterocycles. The van der Waals surface area contributed by atoms with Crippen molar-refractivity contribution in [3.05, 3.63) is 28.8 Å². The molecule has 5 heteroatoms. The number of halogens is 1. The minimum absolute atomic E-state index is 0.0175. The lowest BCUT2D eigenvalue weighted by atomic mass is 10.2. The molecule has 82 valence electrons. The van der Waals surface area contributed by atoms with Gasteiger partial charge in [-0.3, -0.25) is 0 Å². The Morgan fingerprint density at radius 1 is 1.53 bits per heavy atom. The van der Waals surface area contributed by atoms with Crippen molar-refractivity contribution in [2.24, 2.45) is 10.9 Å². The topological polar surface area (TPSA) is 67.8 Å². The van der Waals surface area contributed by atoms with Crippen LogP contribution in [0.1, 0.15) is 19.4 Å². The van der Waals surface area contributed by atoms with E-state index in [1.165, 1.54) is 0 Å². The standard InChI is InChI=1S/C10H13ClN2O2/c1-6(2)15-7-3-4-8(9(11)5-7)10(12)13-14/h3-6,14H,1-2H3,(H2,12,13). The number of rotatable bonds is 3. The highest BCUT2D eigenvalue weighted by atomic mass is 35.5. The highest BCUT2D eigenvalue weighted by molar-refractivity contribution is 6.34. The lowest BCUT2D eigenvalue weighted by Gasteiger charge is -2.11. The van der Waals surface area contributed by atoms with Crippen LogP contribution in [0.15, 0.2) is 23.4 Å². The first-order chi connectivity index (χ1) is 7.04. The summed E-state index contributed by atoms with van der Waals surface area (Å²) in [6.45, 7) is 3.84. The molecule has 1 aromatic rings. The fourth-order valence-corrected chi connectivity index (χ4v) is 1.37. The van der Waals surface area contributed by atoms with E-state index >= 15 is 0 Å². The molecule has 3 N–H and O–H groups in total. The van der Waals surface area contributed by atoms with Gasteiger partial charge in [-0.25, -0.2) is 0 Å². The number of nitrogens with two attached hydrogens (primary N) is 1. The van der Waals surface area contributed by atoms with Gasteiger partial charge in [0.05, 0.1) is 11.1 Å². The van der Waals surface area contributed by atoms with Crippen LogP contribution in [0.4, 0.5) is 0 Å². The van der Waals surface area contributed by atoms with Gasteiger partial charge in [-0.15, -0.1) is 0 Å². The third kappa shape index (κ3) is 3.02. The van der Waals surface area contributed by atoms with E-state index in [1.54, 1.807) is 18.2 Å². The average Bonchev–Trinajstić information content (AvgIpc) is 2.16. The number of hydrogen-bond acceptors (Lipinski definition) is 3. The summed E-state index contributed by atoms with van der Waals surface area (Å²) in [6.07, 6.45) is 0.0794. The maximum Gasteiger partial charge on any atom is 0.171 e. The summed E-state index contributed by atoms with van der Waals surface area (Å²) < 4.78 is 5.44. The molecule has 0 aromatic heterocycles. The van der Waals surface area contributed by atoms with Gasteiger partial charge >= 0.3 is 0 Å². The number of amidine groups is 1. The summed E-state index contributed by atoms with van der Waals surface area (Å²) in [7, 11) is 0. The summed E-state index contributed by atoms with van der Waals surface area (Å²) in [5.41, 5.74) is 5.90. The van der Waals surface area contributed by atoms with E-state index in [1.807, 2.05) is 13.8 Å². The van der Waals surface area contributed by atoms with E-state index < -0.39 is 0 Å². The highest BCUT2D eigenvalue weighted by Gasteiger charge is 2.07. The zero-order valence-corrected chi connectivity index (χ0v) is 9.32. The summed E-state index contributed by atoms with van der Waals surface area (Å²) in [6, 6.07) is 5.00. The normalized spacial score (nSPS) is 11.9. The zero-order chi connectivity index (χ0) is 11.4. The van der Waals surface area contributed by atoms with E-state index in [0.717, 1.165) is 0 Å². The summed E-state index contributed by atoms with van der Waals surface area (Å²) in [5.74, 6) is 0.639. The van der Waals surface area contributed by atoms with Gasteiger partial charge < -0.3 is 15.7 Å². The molecule has 4 nitrogen and oxygen atoms in total. The minimum atomic E-state index is -0.0175. The maximum atomic E-state index is 8.50. The van der Waals surface area contributed by atoms with Crippen molar-refractivity contribution >= 4 is 17.4 Å². The number of benzene rings is 1. The van der Waals surface area contributed by atoms with E-state index in [-0.39, 0.29) is 11.9 Å². The van der Waals surface area contributed by atoms with Crippen molar-refractivity contribution in [1.82, 2.24) is 0 Å². The van der Waals surface area contributed by atoms with Crippen molar-refractivity contribution in [3.8, 4) is 5.75 Å². The van der Waals surface area contributed by atoms with Gasteiger partial charge in [0.1, 0.15) is 5.75 Å². The van der Waals surface area contributed by atoms with Crippen LogP contribution in [0.2, 0.25) is 5.02 Å². The smallest absolute Gasteiger partial charge is 0.171 e. The number of oxime groups is 1. The molecule has 15 heavy (non-hydrogen) atoms. The lowest BCUT2D eigenvalue weighted by Crippen LogP contribution is -2.14. The second-order valence-electron chi connectivity index (χ2n) is 3.29. The van der Waals surface area contributed by atoms with Gasteiger partial charge in [0.15, 0.2) is 5.84 Å². The van der Waals surface area contributed by atoms with Crippen molar-refractivity contribution in [2.75, 3.05) is 0 Å². The molecule has 0 aliphatic heterocycles. The Labute approximate surface area is 93.3 Å². The molecule has 1 rings (SSSR count). The predicted octanol–water partition coefficient (Wildman–Crippen LogP) is 2.22. The monoisotopic (exact) mass is 228 g/mol. The zero-order valence-electron chi connectivity index (χ0n) is 8.57. The van der Waals surface area contributed by atoms with Gasteiger partial charge in [0, 0.05) is 5.56 Å². The van der Waals surface area contributed by atoms with Crippen LogP contribution in [-0.2, 0) is 0 Å². The quantitative estimate of drug-likeness (QED) is 0.361. The van der Waals surface area contributed by atoms with Crippen molar-refractivity contribution in [2.45, 2.75) is 20.0 Å². The number of nitrogens with zero attached hydrogens (tertiary/aromatic N) is 1. The Morgan fingerprint density at radius 3 is 2.67 bits per heavy atom. The fourth-order valence-electron chi connectivity index (χ4n) is 1.10. The van der Waals surface area contributed by atoms with Crippen LogP contribution in [0.25, 0.3) is 0 Å². The molecule has 0 atom stereocenters. The van der Waals surface area contributed by atoms with Crippen LogP contribution >= 0.6 is 11.6 Å². The molecule has 0 amide bonds. The Kier molecular flexibility index (Phi) is 3.80. The van der Waals surface area contributed by atoms with Gasteiger partial charge in [0.25, 0.3) is 0 Å². The SMILES string of the molecule is CC(C)Oc1ccc(C(N)=NO)c(Cl)c1. The third-order valence-corrected chi connectivity index (χ3v) is 2.01. The second kappa shape index (κ2) is 4.89. The molecular weight excluding hydrogens is 216 g/mol. The largest absolute Gasteiger partial charge is 0.491 e. The number of hydrogen-bond donors (Lipinski definition) is 2. The van der Waals surface area contributed by atoms with Crippen molar-refractivity contribution in [1.29, 1.82) is 0 Å². The van der Waals surface area contributed by atoms with Gasteiger partial charge in [0.2, 0.25) is 0 Å². The molecule has 0 spiro atoms. The fraction of sp³-hybridized carbons (Fsp3) is 0.300. The highest BCUT2D eigenvalue weighted by Crippen LogP contribution is 2.23. The van der Waals surface area contributed by atoms with Crippen LogP contribution in [0.5, 0.6) is 5.75 Å². The molecule has 0 bridgehead atoms. The average molecular weight is 229 g/mol. The molecule has 0 aliphatic rings. The first kappa shape index (κ1) is 11.7. The molecule has 0 fully saturated rings. The molecule has 0 radical (unpaired) electrons. The molecule has 1 aromatic carbocycles. The van der Waals surface area contributed by atoms with E-state index in [2.05, 4.69) is 5.16 Å². The van der Waals surface area contributed by atoms with Crippen molar-refractivity contribution < 1.29 is 9.94 Å². The Balaban J connectivity index is 2.98. The Hall–Kier alpha value is -1.42. The molecular formula is C10H13ClN2O2. The van der Waals surface area contributed by atoms with Crippen LogP contribution in [0.3, 0.4) is 0 Å². The van der Waals surface area contributed by atoms with Gasteiger partial charge in [-0.1, -0.05) is 16.8 Å². The summed E-state index contributed by atoms with van der Waals surface area (Å²) >= 11 is 5.93. The van der Waals surface area contributed by atoms with Crippen LogP contribution in [-0.4, -0.2) is 17.1 Å². The number of ether oxygens (including phenoxy) is 1. The van der Waals surface area contributed by atoms with Gasteiger partial charge in [-0.2, -0.15) is 0 Å². The summed E-state index contributed by atoms with van der Waals surface area (Å²) in [5, 5.41) is 11.8. The van der Waals surface area contributed by atoms with Crippen LogP contribution in [0, 0.1) is 0 Å². The lowest BCUT2D eigenvalue weighted by molar-refractivity contribution is 0.242. The van der Waals surface area contributed by atoms with Gasteiger partial charge in [-0.05, 0) is 32.0 Å². The van der Waals surface area contributed by atoms with E-state index in [0.29, 0.717) is 16.3 Å². The second-order valence-corrected chi connectivity index (χ2v) is 3.70. The predicted molar refractivity (Wildman–Crippen MR) is 59.7 cm³/mol. The van der Waals surface area contributed by atoms with E-state index in [4.69, 9.17) is 27.3 Å². The molecule has 0 saturated carbocycles.